The standard InChI is InChI=1S/C21H21N5O3/c1-22-21(27)20-18(28-3)8-15(9-19(20)29-4)26-12-23-16-7-13(5-6-17(16)26)14-10-24-25(2)11-14/h5-12H,1-4H3,(H,22,27). The lowest BCUT2D eigenvalue weighted by Crippen LogP contribution is -2.20. The van der Waals surface area contributed by atoms with Crippen molar-refractivity contribution in [1.82, 2.24) is 24.6 Å². The average molecular weight is 391 g/mol. The maximum Gasteiger partial charge on any atom is 0.258 e. The predicted octanol–water partition coefficient (Wildman–Crippen LogP) is 2.80. The number of methoxy groups -OCH3 is 2. The van der Waals surface area contributed by atoms with E-state index in [9.17, 15) is 4.79 Å². The largest absolute Gasteiger partial charge is 0.496 e. The van der Waals surface area contributed by atoms with E-state index < -0.39 is 0 Å². The third-order valence-electron chi connectivity index (χ3n) is 4.81. The maximum absolute atomic E-state index is 12.3. The molecule has 0 saturated heterocycles. The van der Waals surface area contributed by atoms with Crippen LogP contribution < -0.4 is 14.8 Å². The van der Waals surface area contributed by atoms with Gasteiger partial charge < -0.3 is 14.8 Å². The number of hydrogen-bond donors (Lipinski definition) is 1. The number of hydrogen-bond acceptors (Lipinski definition) is 5. The minimum absolute atomic E-state index is 0.276. The number of carbonyl (C=O) groups excluding carboxylic acids is 1. The zero-order chi connectivity index (χ0) is 20.5. The molecule has 0 aliphatic rings. The number of ether oxygens (including phenoxy) is 2. The van der Waals surface area contributed by atoms with E-state index in [1.54, 1.807) is 30.2 Å². The highest BCUT2D eigenvalue weighted by Gasteiger charge is 2.20. The molecule has 0 aliphatic heterocycles. The van der Waals surface area contributed by atoms with Crippen molar-refractivity contribution < 1.29 is 14.3 Å². The van der Waals surface area contributed by atoms with Crippen molar-refractivity contribution in [3.05, 3.63) is 54.6 Å². The molecule has 0 saturated carbocycles. The molecule has 0 unspecified atom stereocenters. The average Bonchev–Trinajstić information content (AvgIpc) is 3.37. The van der Waals surface area contributed by atoms with Crippen molar-refractivity contribution in [2.45, 2.75) is 0 Å². The Hall–Kier alpha value is -3.81. The molecule has 4 aromatic rings. The molecule has 8 nitrogen and oxygen atoms in total. The van der Waals surface area contributed by atoms with Gasteiger partial charge in [-0.2, -0.15) is 5.10 Å². The molecule has 0 atom stereocenters. The first-order valence-electron chi connectivity index (χ1n) is 9.00. The minimum atomic E-state index is -0.276. The molecule has 2 heterocycles. The summed E-state index contributed by atoms with van der Waals surface area (Å²) in [6.07, 6.45) is 5.53. The lowest BCUT2D eigenvalue weighted by atomic mass is 10.1. The van der Waals surface area contributed by atoms with Crippen LogP contribution in [0.5, 0.6) is 11.5 Å². The van der Waals surface area contributed by atoms with Gasteiger partial charge in [0.2, 0.25) is 0 Å². The van der Waals surface area contributed by atoms with Crippen molar-refractivity contribution in [2.75, 3.05) is 21.3 Å². The lowest BCUT2D eigenvalue weighted by molar-refractivity contribution is 0.0957. The second-order valence-electron chi connectivity index (χ2n) is 6.53. The second-order valence-corrected chi connectivity index (χ2v) is 6.53. The summed E-state index contributed by atoms with van der Waals surface area (Å²) in [6, 6.07) is 9.66. The summed E-state index contributed by atoms with van der Waals surface area (Å²) < 4.78 is 14.6. The van der Waals surface area contributed by atoms with Gasteiger partial charge in [0.25, 0.3) is 5.91 Å². The van der Waals surface area contributed by atoms with Crippen LogP contribution in [-0.2, 0) is 7.05 Å². The number of aromatic nitrogens is 4. The SMILES string of the molecule is CNC(=O)c1c(OC)cc(-n2cnc3cc(-c4cnn(C)c4)ccc32)cc1OC. The molecule has 0 fully saturated rings. The summed E-state index contributed by atoms with van der Waals surface area (Å²) >= 11 is 0. The fourth-order valence-electron chi connectivity index (χ4n) is 3.35. The second kappa shape index (κ2) is 7.31. The van der Waals surface area contributed by atoms with Crippen LogP contribution >= 0.6 is 0 Å². The van der Waals surface area contributed by atoms with Gasteiger partial charge in [-0.25, -0.2) is 4.98 Å². The van der Waals surface area contributed by atoms with Gasteiger partial charge in [-0.3, -0.25) is 14.0 Å². The number of aryl methyl sites for hydroxylation is 1. The number of fused-ring (bicyclic) bond motifs is 1. The highest BCUT2D eigenvalue weighted by molar-refractivity contribution is 6.00. The fraction of sp³-hybridized carbons (Fsp3) is 0.190. The van der Waals surface area contributed by atoms with Crippen molar-refractivity contribution in [3.8, 4) is 28.3 Å². The molecule has 1 N–H and O–H groups in total. The molecule has 148 valence electrons. The smallest absolute Gasteiger partial charge is 0.258 e. The van der Waals surface area contributed by atoms with E-state index in [1.165, 1.54) is 14.2 Å². The Balaban J connectivity index is 1.83. The Morgan fingerprint density at radius 1 is 1.07 bits per heavy atom. The number of benzene rings is 2. The van der Waals surface area contributed by atoms with Gasteiger partial charge in [-0.15, -0.1) is 0 Å². The summed E-state index contributed by atoms with van der Waals surface area (Å²) in [5.41, 5.74) is 4.98. The van der Waals surface area contributed by atoms with Crippen LogP contribution in [0.3, 0.4) is 0 Å². The molecule has 4 rings (SSSR count). The third kappa shape index (κ3) is 3.18. The van der Waals surface area contributed by atoms with Gasteiger partial charge in [0, 0.05) is 38.0 Å². The summed E-state index contributed by atoms with van der Waals surface area (Å²) in [7, 11) is 6.51. The molecule has 29 heavy (non-hydrogen) atoms. The Kier molecular flexibility index (Phi) is 4.67. The Labute approximate surface area is 167 Å². The zero-order valence-corrected chi connectivity index (χ0v) is 16.6. The minimum Gasteiger partial charge on any atom is -0.496 e. The third-order valence-corrected chi connectivity index (χ3v) is 4.81. The van der Waals surface area contributed by atoms with E-state index in [0.717, 1.165) is 27.8 Å². The van der Waals surface area contributed by atoms with E-state index in [2.05, 4.69) is 15.4 Å². The molecule has 8 heteroatoms. The van der Waals surface area contributed by atoms with Crippen LogP contribution in [0.15, 0.2) is 49.1 Å². The molecular weight excluding hydrogens is 370 g/mol. The maximum atomic E-state index is 12.3. The van der Waals surface area contributed by atoms with Crippen LogP contribution in [0.2, 0.25) is 0 Å². The Morgan fingerprint density at radius 3 is 2.38 bits per heavy atom. The van der Waals surface area contributed by atoms with Crippen molar-refractivity contribution >= 4 is 16.9 Å². The lowest BCUT2D eigenvalue weighted by Gasteiger charge is -2.15. The zero-order valence-electron chi connectivity index (χ0n) is 16.6. The Morgan fingerprint density at radius 2 is 1.79 bits per heavy atom. The van der Waals surface area contributed by atoms with Gasteiger partial charge >= 0.3 is 0 Å². The first-order chi connectivity index (χ1) is 14.0. The van der Waals surface area contributed by atoms with Crippen molar-refractivity contribution in [3.63, 3.8) is 0 Å². The Bertz CT molecular complexity index is 1180. The quantitative estimate of drug-likeness (QED) is 0.566. The summed E-state index contributed by atoms with van der Waals surface area (Å²) in [6.45, 7) is 0. The van der Waals surface area contributed by atoms with Gasteiger partial charge in [-0.1, -0.05) is 6.07 Å². The van der Waals surface area contributed by atoms with E-state index in [4.69, 9.17) is 9.47 Å². The van der Waals surface area contributed by atoms with Crippen LogP contribution in [0.1, 0.15) is 10.4 Å². The predicted molar refractivity (Wildman–Crippen MR) is 110 cm³/mol. The molecule has 0 radical (unpaired) electrons. The highest BCUT2D eigenvalue weighted by atomic mass is 16.5. The van der Waals surface area contributed by atoms with Crippen molar-refractivity contribution in [2.24, 2.45) is 7.05 Å². The highest BCUT2D eigenvalue weighted by Crippen LogP contribution is 2.34. The van der Waals surface area contributed by atoms with Gasteiger partial charge in [0.15, 0.2) is 0 Å². The molecule has 2 aromatic heterocycles. The molecule has 1 amide bonds. The summed E-state index contributed by atoms with van der Waals surface area (Å²) in [4.78, 5) is 16.8. The number of imidazole rings is 1. The number of rotatable bonds is 5. The first-order valence-corrected chi connectivity index (χ1v) is 9.00. The van der Waals surface area contributed by atoms with Crippen LogP contribution in [0.4, 0.5) is 0 Å². The van der Waals surface area contributed by atoms with Gasteiger partial charge in [0.05, 0.1) is 37.1 Å². The summed E-state index contributed by atoms with van der Waals surface area (Å²) in [5.74, 6) is 0.571. The first kappa shape index (κ1) is 18.5. The van der Waals surface area contributed by atoms with Gasteiger partial charge in [-0.05, 0) is 17.7 Å². The number of nitrogens with zero attached hydrogens (tertiary/aromatic N) is 4. The van der Waals surface area contributed by atoms with E-state index in [-0.39, 0.29) is 5.91 Å². The molecule has 0 bridgehead atoms. The monoisotopic (exact) mass is 391 g/mol. The molecule has 0 spiro atoms. The van der Waals surface area contributed by atoms with E-state index in [0.29, 0.717) is 17.1 Å². The number of amides is 1. The van der Waals surface area contributed by atoms with E-state index >= 15 is 0 Å². The molecule has 2 aromatic carbocycles. The van der Waals surface area contributed by atoms with Gasteiger partial charge in [0.1, 0.15) is 23.4 Å². The van der Waals surface area contributed by atoms with Crippen LogP contribution in [0.25, 0.3) is 27.8 Å². The summed E-state index contributed by atoms with van der Waals surface area (Å²) in [5, 5.41) is 6.84. The molecular formula is C21H21N5O3. The normalized spacial score (nSPS) is 10.9. The van der Waals surface area contributed by atoms with Crippen molar-refractivity contribution in [1.29, 1.82) is 0 Å². The van der Waals surface area contributed by atoms with E-state index in [1.807, 2.05) is 42.2 Å². The molecule has 0 aliphatic carbocycles. The van der Waals surface area contributed by atoms with Crippen LogP contribution in [-0.4, -0.2) is 46.5 Å². The number of nitrogens with one attached hydrogen (secondary N) is 1. The fourth-order valence-corrected chi connectivity index (χ4v) is 3.35. The van der Waals surface area contributed by atoms with Crippen LogP contribution in [0, 0.1) is 0 Å². The topological polar surface area (TPSA) is 83.2 Å². The number of carbonyl (C=O) groups is 1.